The van der Waals surface area contributed by atoms with Gasteiger partial charge in [-0.15, -0.1) is 0 Å². The van der Waals surface area contributed by atoms with Gasteiger partial charge in [-0.1, -0.05) is 0 Å². The van der Waals surface area contributed by atoms with E-state index in [0.29, 0.717) is 23.2 Å². The number of alkyl halides is 3. The first-order chi connectivity index (χ1) is 16.2. The number of nitrogens with one attached hydrogen (secondary N) is 1. The fourth-order valence-corrected chi connectivity index (χ4v) is 4.99. The molecule has 0 bridgehead atoms. The highest BCUT2D eigenvalue weighted by molar-refractivity contribution is 5.93. The molecule has 2 aliphatic heterocycles. The molecule has 0 aliphatic carbocycles. The predicted octanol–water partition coefficient (Wildman–Crippen LogP) is 5.25. The molecule has 0 saturated carbocycles. The van der Waals surface area contributed by atoms with Crippen LogP contribution in [0.25, 0.3) is 10.9 Å². The molecule has 1 saturated heterocycles. The summed E-state index contributed by atoms with van der Waals surface area (Å²) in [6.45, 7) is 6.09. The summed E-state index contributed by atoms with van der Waals surface area (Å²) in [5.41, 5.74) is 8.77. The van der Waals surface area contributed by atoms with Gasteiger partial charge < -0.3 is 20.7 Å². The predicted molar refractivity (Wildman–Crippen MR) is 127 cm³/mol. The Bertz CT molecular complexity index is 1220. The Hall–Kier alpha value is -3.07. The maximum Gasteiger partial charge on any atom is 0.416 e. The van der Waals surface area contributed by atoms with E-state index in [-0.39, 0.29) is 5.69 Å². The maximum atomic E-state index is 13.3. The molecule has 2 aromatic carbocycles. The number of ether oxygens (including phenoxy) is 1. The molecule has 180 valence electrons. The summed E-state index contributed by atoms with van der Waals surface area (Å²) in [6.07, 6.45) is -1.36. The first-order valence-electron chi connectivity index (χ1n) is 11.6. The number of halogens is 3. The Kier molecular flexibility index (Phi) is 5.75. The minimum Gasteiger partial charge on any atom is -0.399 e. The molecule has 1 fully saturated rings. The van der Waals surface area contributed by atoms with Gasteiger partial charge in [-0.05, 0) is 74.6 Å². The smallest absolute Gasteiger partial charge is 0.399 e. The molecule has 5 rings (SSSR count). The maximum absolute atomic E-state index is 13.3. The number of benzene rings is 2. The summed E-state index contributed by atoms with van der Waals surface area (Å²) in [6, 6.07) is 7.77. The summed E-state index contributed by atoms with van der Waals surface area (Å²) in [4.78, 5) is 11.6. The van der Waals surface area contributed by atoms with Gasteiger partial charge in [-0.2, -0.15) is 13.2 Å². The van der Waals surface area contributed by atoms with E-state index in [1.54, 1.807) is 13.0 Å². The second-order valence-corrected chi connectivity index (χ2v) is 9.18. The van der Waals surface area contributed by atoms with E-state index in [2.05, 4.69) is 32.3 Å². The molecule has 2 aliphatic rings. The van der Waals surface area contributed by atoms with Crippen molar-refractivity contribution in [3.63, 3.8) is 0 Å². The number of rotatable bonds is 4. The average Bonchev–Trinajstić information content (AvgIpc) is 3.20. The lowest BCUT2D eigenvalue weighted by Gasteiger charge is -2.33. The number of nitrogens with zero attached hydrogens (tertiary/aromatic N) is 3. The Morgan fingerprint density at radius 2 is 2.00 bits per heavy atom. The SMILES string of the molecule is Cc1nc(NC(C)c2cc(N)cc(C(F)(F)F)c2)c2cc3c(cc2n1)CCN3C1CCCOC1. The minimum atomic E-state index is -4.46. The van der Waals surface area contributed by atoms with Gasteiger partial charge in [0, 0.05) is 29.9 Å². The highest BCUT2D eigenvalue weighted by Crippen LogP contribution is 2.38. The third kappa shape index (κ3) is 4.36. The summed E-state index contributed by atoms with van der Waals surface area (Å²) >= 11 is 0. The van der Waals surface area contributed by atoms with Crippen molar-refractivity contribution in [1.29, 1.82) is 0 Å². The van der Waals surface area contributed by atoms with Crippen molar-refractivity contribution in [2.24, 2.45) is 0 Å². The Balaban J connectivity index is 1.51. The van der Waals surface area contributed by atoms with Crippen molar-refractivity contribution < 1.29 is 17.9 Å². The van der Waals surface area contributed by atoms with Gasteiger partial charge >= 0.3 is 6.18 Å². The number of fused-ring (bicyclic) bond motifs is 2. The van der Waals surface area contributed by atoms with E-state index in [4.69, 9.17) is 10.5 Å². The average molecular weight is 472 g/mol. The van der Waals surface area contributed by atoms with Crippen LogP contribution in [0.1, 0.15) is 48.3 Å². The van der Waals surface area contributed by atoms with Gasteiger partial charge in [0.1, 0.15) is 11.6 Å². The van der Waals surface area contributed by atoms with Crippen LogP contribution in [0.2, 0.25) is 0 Å². The first-order valence-corrected chi connectivity index (χ1v) is 11.6. The number of aryl methyl sites for hydroxylation is 1. The van der Waals surface area contributed by atoms with Crippen molar-refractivity contribution in [1.82, 2.24) is 9.97 Å². The topological polar surface area (TPSA) is 76.3 Å². The van der Waals surface area contributed by atoms with E-state index in [1.807, 2.05) is 6.92 Å². The fourth-order valence-electron chi connectivity index (χ4n) is 4.99. The van der Waals surface area contributed by atoms with Crippen molar-refractivity contribution in [2.45, 2.75) is 51.4 Å². The molecule has 9 heteroatoms. The Morgan fingerprint density at radius 1 is 1.18 bits per heavy atom. The van der Waals surface area contributed by atoms with Crippen LogP contribution in [0.3, 0.4) is 0 Å². The van der Waals surface area contributed by atoms with Gasteiger partial charge in [0.2, 0.25) is 0 Å². The van der Waals surface area contributed by atoms with Crippen LogP contribution in [0.15, 0.2) is 30.3 Å². The molecule has 2 atom stereocenters. The lowest BCUT2D eigenvalue weighted by molar-refractivity contribution is -0.137. The zero-order valence-electron chi connectivity index (χ0n) is 19.2. The molecule has 0 spiro atoms. The molecule has 2 unspecified atom stereocenters. The molecular formula is C25H28F3N5O. The molecule has 0 amide bonds. The molecular weight excluding hydrogens is 443 g/mol. The minimum absolute atomic E-state index is 0.0744. The van der Waals surface area contributed by atoms with Gasteiger partial charge in [-0.3, -0.25) is 0 Å². The molecule has 3 aromatic rings. The lowest BCUT2D eigenvalue weighted by atomic mass is 10.0. The summed E-state index contributed by atoms with van der Waals surface area (Å²) in [5.74, 6) is 1.20. The van der Waals surface area contributed by atoms with Crippen LogP contribution < -0.4 is 16.0 Å². The Labute approximate surface area is 196 Å². The number of anilines is 3. The van der Waals surface area contributed by atoms with Crippen LogP contribution in [-0.4, -0.2) is 35.8 Å². The summed E-state index contributed by atoms with van der Waals surface area (Å²) in [7, 11) is 0. The van der Waals surface area contributed by atoms with Gasteiger partial charge in [0.15, 0.2) is 0 Å². The van der Waals surface area contributed by atoms with Crippen molar-refractivity contribution in [2.75, 3.05) is 35.7 Å². The van der Waals surface area contributed by atoms with Gasteiger partial charge in [0.25, 0.3) is 0 Å². The molecule has 0 radical (unpaired) electrons. The lowest BCUT2D eigenvalue weighted by Crippen LogP contribution is -2.40. The van der Waals surface area contributed by atoms with E-state index in [9.17, 15) is 13.2 Å². The number of aromatic nitrogens is 2. The summed E-state index contributed by atoms with van der Waals surface area (Å²) < 4.78 is 45.6. The zero-order valence-corrected chi connectivity index (χ0v) is 19.2. The molecule has 6 nitrogen and oxygen atoms in total. The monoisotopic (exact) mass is 471 g/mol. The van der Waals surface area contributed by atoms with Crippen LogP contribution in [0, 0.1) is 6.92 Å². The molecule has 1 aromatic heterocycles. The van der Waals surface area contributed by atoms with Gasteiger partial charge in [0.05, 0.1) is 29.8 Å². The van der Waals surface area contributed by atoms with Crippen LogP contribution in [0.4, 0.5) is 30.4 Å². The van der Waals surface area contributed by atoms with Gasteiger partial charge in [-0.25, -0.2) is 9.97 Å². The number of hydrogen-bond donors (Lipinski definition) is 2. The van der Waals surface area contributed by atoms with E-state index in [0.717, 1.165) is 67.7 Å². The van der Waals surface area contributed by atoms with E-state index >= 15 is 0 Å². The number of nitrogen functional groups attached to an aromatic ring is 1. The number of nitrogens with two attached hydrogens (primary N) is 1. The second-order valence-electron chi connectivity index (χ2n) is 9.18. The number of hydrogen-bond acceptors (Lipinski definition) is 6. The molecule has 34 heavy (non-hydrogen) atoms. The standard InChI is InChI=1S/C25H28F3N5O/c1-14(17-8-18(25(26,27)28)11-19(29)9-17)30-24-21-12-23-16(10-22(21)31-15(2)32-24)5-6-33(23)20-4-3-7-34-13-20/h8-12,14,20H,3-7,13,29H2,1-2H3,(H,30,31,32). The summed E-state index contributed by atoms with van der Waals surface area (Å²) in [5, 5.41) is 4.16. The van der Waals surface area contributed by atoms with Crippen LogP contribution in [-0.2, 0) is 17.3 Å². The van der Waals surface area contributed by atoms with Crippen LogP contribution in [0.5, 0.6) is 0 Å². The van der Waals surface area contributed by atoms with Crippen molar-refractivity contribution in [3.05, 3.63) is 52.8 Å². The first kappa shape index (κ1) is 22.7. The largest absolute Gasteiger partial charge is 0.416 e. The quantitative estimate of drug-likeness (QED) is 0.506. The third-order valence-corrected chi connectivity index (χ3v) is 6.67. The van der Waals surface area contributed by atoms with Crippen molar-refractivity contribution in [3.8, 4) is 0 Å². The molecule has 3 N–H and O–H groups in total. The second kappa shape index (κ2) is 8.61. The van der Waals surface area contributed by atoms with Crippen molar-refractivity contribution >= 4 is 28.1 Å². The molecule has 3 heterocycles. The normalized spacial score (nSPS) is 19.3. The third-order valence-electron chi connectivity index (χ3n) is 6.67. The highest BCUT2D eigenvalue weighted by atomic mass is 19.4. The van der Waals surface area contributed by atoms with E-state index in [1.165, 1.54) is 5.56 Å². The Morgan fingerprint density at radius 3 is 2.74 bits per heavy atom. The zero-order chi connectivity index (χ0) is 24.0. The van der Waals surface area contributed by atoms with E-state index < -0.39 is 17.8 Å². The van der Waals surface area contributed by atoms with Crippen LogP contribution >= 0.6 is 0 Å². The highest BCUT2D eigenvalue weighted by Gasteiger charge is 2.32. The fraction of sp³-hybridized carbons (Fsp3) is 0.440.